The summed E-state index contributed by atoms with van der Waals surface area (Å²) in [6.45, 7) is 1.01. The molecule has 1 atom stereocenters. The van der Waals surface area contributed by atoms with Crippen LogP contribution in [0.5, 0.6) is 0 Å². The SMILES string of the molecule is O=S(=O)(c1ccc(F)cc1)[C@]1(c2ccc(I)cc2)CCNC1. The number of hydrogen-bond acceptors (Lipinski definition) is 3. The molecule has 0 aliphatic carbocycles. The van der Waals surface area contributed by atoms with Gasteiger partial charge in [0.2, 0.25) is 0 Å². The Hall–Kier alpha value is -0.990. The van der Waals surface area contributed by atoms with Crippen molar-refractivity contribution in [2.75, 3.05) is 13.1 Å². The third-order valence-corrected chi connectivity index (χ3v) is 7.35. The fourth-order valence-electron chi connectivity index (χ4n) is 2.89. The fraction of sp³-hybridized carbons (Fsp3) is 0.250. The van der Waals surface area contributed by atoms with Gasteiger partial charge in [-0.1, -0.05) is 12.1 Å². The van der Waals surface area contributed by atoms with E-state index in [4.69, 9.17) is 0 Å². The molecule has 6 heteroatoms. The van der Waals surface area contributed by atoms with E-state index in [1.165, 1.54) is 24.3 Å². The first-order valence-corrected chi connectivity index (χ1v) is 9.49. The molecule has 0 amide bonds. The van der Waals surface area contributed by atoms with Crippen molar-refractivity contribution in [3.8, 4) is 0 Å². The second kappa shape index (κ2) is 5.90. The molecule has 0 saturated carbocycles. The average molecular weight is 431 g/mol. The summed E-state index contributed by atoms with van der Waals surface area (Å²) in [5.74, 6) is -0.438. The normalized spacial score (nSPS) is 21.9. The van der Waals surface area contributed by atoms with Gasteiger partial charge in [0.25, 0.3) is 0 Å². The molecule has 1 aliphatic heterocycles. The van der Waals surface area contributed by atoms with Gasteiger partial charge in [0.05, 0.1) is 4.90 Å². The largest absolute Gasteiger partial charge is 0.315 e. The van der Waals surface area contributed by atoms with Crippen molar-refractivity contribution in [1.29, 1.82) is 0 Å². The molecule has 0 radical (unpaired) electrons. The number of benzene rings is 2. The molecular weight excluding hydrogens is 416 g/mol. The molecule has 2 aromatic rings. The van der Waals surface area contributed by atoms with Crippen molar-refractivity contribution < 1.29 is 12.8 Å². The summed E-state index contributed by atoms with van der Waals surface area (Å²) in [5, 5.41) is 3.16. The molecule has 0 spiro atoms. The van der Waals surface area contributed by atoms with E-state index >= 15 is 0 Å². The van der Waals surface area contributed by atoms with Gasteiger partial charge in [-0.2, -0.15) is 0 Å². The minimum atomic E-state index is -3.61. The van der Waals surface area contributed by atoms with E-state index in [0.717, 1.165) is 9.13 Å². The maximum Gasteiger partial charge on any atom is 0.189 e. The van der Waals surface area contributed by atoms with Gasteiger partial charge in [-0.3, -0.25) is 0 Å². The lowest BCUT2D eigenvalue weighted by Gasteiger charge is -2.29. The Kier molecular flexibility index (Phi) is 4.26. The van der Waals surface area contributed by atoms with Crippen LogP contribution in [0.4, 0.5) is 4.39 Å². The third kappa shape index (κ3) is 2.57. The Labute approximate surface area is 143 Å². The predicted molar refractivity (Wildman–Crippen MR) is 91.9 cm³/mol. The van der Waals surface area contributed by atoms with Gasteiger partial charge < -0.3 is 5.32 Å². The minimum Gasteiger partial charge on any atom is -0.315 e. The van der Waals surface area contributed by atoms with Crippen molar-refractivity contribution >= 4 is 32.4 Å². The highest BCUT2D eigenvalue weighted by atomic mass is 127. The van der Waals surface area contributed by atoms with E-state index in [9.17, 15) is 12.8 Å². The van der Waals surface area contributed by atoms with Crippen LogP contribution in [-0.2, 0) is 14.6 Å². The first-order chi connectivity index (χ1) is 10.5. The minimum absolute atomic E-state index is 0.163. The Morgan fingerprint density at radius 2 is 1.68 bits per heavy atom. The van der Waals surface area contributed by atoms with Gasteiger partial charge in [-0.15, -0.1) is 0 Å². The fourth-order valence-corrected chi connectivity index (χ4v) is 5.31. The predicted octanol–water partition coefficient (Wildman–Crippen LogP) is 3.09. The van der Waals surface area contributed by atoms with Crippen molar-refractivity contribution in [2.24, 2.45) is 0 Å². The van der Waals surface area contributed by atoms with E-state index in [-0.39, 0.29) is 4.90 Å². The molecular formula is C16H15FINO2S. The van der Waals surface area contributed by atoms with Crippen LogP contribution in [-0.4, -0.2) is 21.5 Å². The van der Waals surface area contributed by atoms with Crippen molar-refractivity contribution in [3.05, 3.63) is 63.5 Å². The lowest BCUT2D eigenvalue weighted by atomic mass is 9.97. The molecule has 1 heterocycles. The van der Waals surface area contributed by atoms with E-state index in [2.05, 4.69) is 27.9 Å². The van der Waals surface area contributed by atoms with E-state index in [1.54, 1.807) is 0 Å². The molecule has 0 aromatic heterocycles. The van der Waals surface area contributed by atoms with Gasteiger partial charge >= 0.3 is 0 Å². The molecule has 1 N–H and O–H groups in total. The molecule has 1 aliphatic rings. The zero-order valence-electron chi connectivity index (χ0n) is 11.7. The second-order valence-corrected chi connectivity index (χ2v) is 8.89. The molecule has 1 saturated heterocycles. The van der Waals surface area contributed by atoms with Crippen LogP contribution < -0.4 is 5.32 Å². The molecule has 1 fully saturated rings. The Bertz CT molecular complexity index is 767. The lowest BCUT2D eigenvalue weighted by molar-refractivity contribution is 0.536. The summed E-state index contributed by atoms with van der Waals surface area (Å²) in [5.41, 5.74) is 0.780. The summed E-state index contributed by atoms with van der Waals surface area (Å²) >= 11 is 2.19. The van der Waals surface area contributed by atoms with Crippen LogP contribution in [0.2, 0.25) is 0 Å². The van der Waals surface area contributed by atoms with Gasteiger partial charge in [0, 0.05) is 10.1 Å². The van der Waals surface area contributed by atoms with Crippen molar-refractivity contribution in [3.63, 3.8) is 0 Å². The molecule has 22 heavy (non-hydrogen) atoms. The summed E-state index contributed by atoms with van der Waals surface area (Å²) in [6.07, 6.45) is 0.507. The highest BCUT2D eigenvalue weighted by molar-refractivity contribution is 14.1. The van der Waals surface area contributed by atoms with Gasteiger partial charge in [-0.25, -0.2) is 12.8 Å². The summed E-state index contributed by atoms with van der Waals surface area (Å²) in [7, 11) is -3.61. The summed E-state index contributed by atoms with van der Waals surface area (Å²) in [4.78, 5) is 0.163. The van der Waals surface area contributed by atoms with Gasteiger partial charge in [0.15, 0.2) is 9.84 Å². The lowest BCUT2D eigenvalue weighted by Crippen LogP contribution is -2.38. The van der Waals surface area contributed by atoms with Crippen molar-refractivity contribution in [1.82, 2.24) is 5.32 Å². The molecule has 0 bridgehead atoms. The number of nitrogens with one attached hydrogen (secondary N) is 1. The van der Waals surface area contributed by atoms with Crippen LogP contribution >= 0.6 is 22.6 Å². The highest BCUT2D eigenvalue weighted by Crippen LogP contribution is 2.40. The molecule has 116 valence electrons. The van der Waals surface area contributed by atoms with E-state index in [1.807, 2.05) is 24.3 Å². The average Bonchev–Trinajstić information content (AvgIpc) is 3.00. The Morgan fingerprint density at radius 3 is 2.23 bits per heavy atom. The van der Waals surface area contributed by atoms with E-state index in [0.29, 0.717) is 19.5 Å². The molecule has 3 rings (SSSR count). The quantitative estimate of drug-likeness (QED) is 0.601. The van der Waals surface area contributed by atoms with Crippen LogP contribution in [0.25, 0.3) is 0 Å². The van der Waals surface area contributed by atoms with Crippen LogP contribution in [0.3, 0.4) is 0 Å². The van der Waals surface area contributed by atoms with Crippen LogP contribution in [0, 0.1) is 9.39 Å². The highest BCUT2D eigenvalue weighted by Gasteiger charge is 2.48. The first-order valence-electron chi connectivity index (χ1n) is 6.93. The van der Waals surface area contributed by atoms with Gasteiger partial charge in [0.1, 0.15) is 10.6 Å². The topological polar surface area (TPSA) is 46.2 Å². The number of sulfone groups is 1. The Balaban J connectivity index is 2.14. The smallest absolute Gasteiger partial charge is 0.189 e. The zero-order valence-corrected chi connectivity index (χ0v) is 14.7. The monoisotopic (exact) mass is 431 g/mol. The first kappa shape index (κ1) is 15.9. The second-order valence-electron chi connectivity index (χ2n) is 5.39. The van der Waals surface area contributed by atoms with Gasteiger partial charge in [-0.05, 0) is 77.5 Å². The van der Waals surface area contributed by atoms with Crippen LogP contribution in [0.15, 0.2) is 53.4 Å². The molecule has 3 nitrogen and oxygen atoms in total. The maximum atomic E-state index is 13.2. The van der Waals surface area contributed by atoms with Crippen molar-refractivity contribution in [2.45, 2.75) is 16.1 Å². The van der Waals surface area contributed by atoms with E-state index < -0.39 is 20.4 Å². The third-order valence-electron chi connectivity index (χ3n) is 4.12. The molecule has 0 unspecified atom stereocenters. The standard InChI is InChI=1S/C16H15FINO2S/c17-13-3-7-15(8-4-13)22(20,21)16(9-10-19-11-16)12-1-5-14(18)6-2-12/h1-8,19H,9-11H2/t16-/m1/s1. The summed E-state index contributed by atoms with van der Waals surface area (Å²) in [6, 6.07) is 12.6. The van der Waals surface area contributed by atoms with Crippen LogP contribution in [0.1, 0.15) is 12.0 Å². The zero-order chi connectivity index (χ0) is 15.8. The summed E-state index contributed by atoms with van der Waals surface area (Å²) < 4.78 is 39.6. The number of rotatable bonds is 3. The molecule has 2 aromatic carbocycles. The number of halogens is 2. The Morgan fingerprint density at radius 1 is 1.05 bits per heavy atom. The number of hydrogen-bond donors (Lipinski definition) is 1. The maximum absolute atomic E-state index is 13.2.